The van der Waals surface area contributed by atoms with E-state index in [1.807, 2.05) is 6.07 Å². The maximum absolute atomic E-state index is 6.10. The van der Waals surface area contributed by atoms with Crippen LogP contribution in [-0.2, 0) is 6.42 Å². The normalized spacial score (nSPS) is 15.9. The first-order valence-corrected chi connectivity index (χ1v) is 6.26. The van der Waals surface area contributed by atoms with Crippen LogP contribution in [-0.4, -0.2) is 18.6 Å². The Kier molecular flexibility index (Phi) is 3.94. The van der Waals surface area contributed by atoms with Crippen molar-refractivity contribution in [2.75, 3.05) is 13.2 Å². The van der Waals surface area contributed by atoms with Crippen molar-refractivity contribution in [3.63, 3.8) is 0 Å². The van der Waals surface area contributed by atoms with E-state index in [2.05, 4.69) is 19.1 Å². The zero-order valence-corrected chi connectivity index (χ0v) is 10.3. The van der Waals surface area contributed by atoms with Crippen molar-refractivity contribution in [1.29, 1.82) is 0 Å². The van der Waals surface area contributed by atoms with Crippen molar-refractivity contribution >= 4 is 11.6 Å². The quantitative estimate of drug-likeness (QED) is 0.751. The molecule has 0 fully saturated rings. The molecule has 0 amide bonds. The highest BCUT2D eigenvalue weighted by Gasteiger charge is 2.12. The molecule has 88 valence electrons. The van der Waals surface area contributed by atoms with Crippen molar-refractivity contribution in [1.82, 2.24) is 0 Å². The predicted octanol–water partition coefficient (Wildman–Crippen LogP) is 3.41. The Hall–Kier alpha value is -0.890. The summed E-state index contributed by atoms with van der Waals surface area (Å²) in [6.07, 6.45) is 3.03. The lowest BCUT2D eigenvalue weighted by Gasteiger charge is -2.19. The molecule has 1 heterocycles. The average Bonchev–Trinajstić information content (AvgIpc) is 2.35. The molecule has 0 aliphatic carbocycles. The maximum atomic E-state index is 6.10. The van der Waals surface area contributed by atoms with Crippen LogP contribution < -0.4 is 9.47 Å². The van der Waals surface area contributed by atoms with Crippen LogP contribution in [0.1, 0.15) is 25.3 Å². The van der Waals surface area contributed by atoms with E-state index < -0.39 is 0 Å². The van der Waals surface area contributed by atoms with Gasteiger partial charge >= 0.3 is 0 Å². The minimum Gasteiger partial charge on any atom is -0.486 e. The number of hydrogen-bond acceptors (Lipinski definition) is 2. The van der Waals surface area contributed by atoms with Gasteiger partial charge in [-0.15, -0.1) is 11.6 Å². The van der Waals surface area contributed by atoms with Crippen LogP contribution in [0.15, 0.2) is 18.2 Å². The highest BCUT2D eigenvalue weighted by molar-refractivity contribution is 6.20. The minimum atomic E-state index is 0.271. The molecule has 1 aromatic rings. The molecular formula is C13H17ClO2. The predicted molar refractivity (Wildman–Crippen MR) is 65.7 cm³/mol. The first-order valence-electron chi connectivity index (χ1n) is 5.82. The molecule has 0 bridgehead atoms. The molecule has 1 aromatic carbocycles. The standard InChI is InChI=1S/C13H17ClO2/c1-2-11(14)5-3-10-4-6-12-13(9-10)16-8-7-15-12/h4,6,9,11H,2-3,5,7-8H2,1H3. The van der Waals surface area contributed by atoms with Crippen LogP contribution in [0.5, 0.6) is 11.5 Å². The summed E-state index contributed by atoms with van der Waals surface area (Å²) in [7, 11) is 0. The zero-order chi connectivity index (χ0) is 11.4. The Bertz CT molecular complexity index is 352. The monoisotopic (exact) mass is 240 g/mol. The average molecular weight is 241 g/mol. The summed E-state index contributed by atoms with van der Waals surface area (Å²) in [5.41, 5.74) is 1.27. The molecule has 1 unspecified atom stereocenters. The lowest BCUT2D eigenvalue weighted by molar-refractivity contribution is 0.171. The zero-order valence-electron chi connectivity index (χ0n) is 9.54. The Balaban J connectivity index is 2.00. The molecule has 3 heteroatoms. The minimum absolute atomic E-state index is 0.271. The van der Waals surface area contributed by atoms with Crippen LogP contribution >= 0.6 is 11.6 Å². The van der Waals surface area contributed by atoms with E-state index in [0.29, 0.717) is 13.2 Å². The lowest BCUT2D eigenvalue weighted by atomic mass is 10.1. The Morgan fingerprint density at radius 3 is 2.75 bits per heavy atom. The number of halogens is 1. The van der Waals surface area contributed by atoms with Gasteiger partial charge in [-0.25, -0.2) is 0 Å². The maximum Gasteiger partial charge on any atom is 0.161 e. The van der Waals surface area contributed by atoms with Gasteiger partial charge in [0.25, 0.3) is 0 Å². The Labute approximate surface area is 102 Å². The summed E-state index contributed by atoms with van der Waals surface area (Å²) in [6, 6.07) is 6.14. The van der Waals surface area contributed by atoms with Crippen LogP contribution in [0.4, 0.5) is 0 Å². The first kappa shape index (κ1) is 11.6. The number of aryl methyl sites for hydroxylation is 1. The number of benzene rings is 1. The molecular weight excluding hydrogens is 224 g/mol. The van der Waals surface area contributed by atoms with E-state index in [1.165, 1.54) is 5.56 Å². The van der Waals surface area contributed by atoms with Crippen molar-refractivity contribution < 1.29 is 9.47 Å². The molecule has 1 aliphatic rings. The molecule has 0 spiro atoms. The van der Waals surface area contributed by atoms with Crippen LogP contribution in [0.25, 0.3) is 0 Å². The van der Waals surface area contributed by atoms with Crippen molar-refractivity contribution in [2.45, 2.75) is 31.6 Å². The summed E-state index contributed by atoms with van der Waals surface area (Å²) >= 11 is 6.10. The Morgan fingerprint density at radius 2 is 2.00 bits per heavy atom. The summed E-state index contributed by atoms with van der Waals surface area (Å²) in [6.45, 7) is 3.40. The fourth-order valence-corrected chi connectivity index (χ4v) is 1.88. The van der Waals surface area contributed by atoms with Crippen LogP contribution in [0.3, 0.4) is 0 Å². The Morgan fingerprint density at radius 1 is 1.25 bits per heavy atom. The van der Waals surface area contributed by atoms with Gasteiger partial charge < -0.3 is 9.47 Å². The largest absolute Gasteiger partial charge is 0.486 e. The van der Waals surface area contributed by atoms with Gasteiger partial charge in [-0.2, -0.15) is 0 Å². The molecule has 0 radical (unpaired) electrons. The summed E-state index contributed by atoms with van der Waals surface area (Å²) < 4.78 is 11.0. The molecule has 16 heavy (non-hydrogen) atoms. The number of rotatable bonds is 4. The van der Waals surface area contributed by atoms with Gasteiger partial charge in [0, 0.05) is 5.38 Å². The van der Waals surface area contributed by atoms with E-state index in [-0.39, 0.29) is 5.38 Å². The molecule has 0 aromatic heterocycles. The van der Waals surface area contributed by atoms with Gasteiger partial charge in [0.2, 0.25) is 0 Å². The number of alkyl halides is 1. The van der Waals surface area contributed by atoms with Crippen LogP contribution in [0, 0.1) is 0 Å². The molecule has 2 nitrogen and oxygen atoms in total. The lowest BCUT2D eigenvalue weighted by Crippen LogP contribution is -2.15. The van der Waals surface area contributed by atoms with Gasteiger partial charge in [0.05, 0.1) is 0 Å². The smallest absolute Gasteiger partial charge is 0.161 e. The molecule has 0 N–H and O–H groups in total. The third-order valence-corrected chi connectivity index (χ3v) is 3.32. The van der Waals surface area contributed by atoms with Gasteiger partial charge in [-0.05, 0) is 37.0 Å². The fraction of sp³-hybridized carbons (Fsp3) is 0.538. The van der Waals surface area contributed by atoms with E-state index in [1.54, 1.807) is 0 Å². The topological polar surface area (TPSA) is 18.5 Å². The second-order valence-electron chi connectivity index (χ2n) is 4.02. The first-order chi connectivity index (χ1) is 7.79. The summed E-state index contributed by atoms with van der Waals surface area (Å²) in [5.74, 6) is 1.72. The third-order valence-electron chi connectivity index (χ3n) is 2.80. The van der Waals surface area contributed by atoms with Crippen molar-refractivity contribution in [3.05, 3.63) is 23.8 Å². The highest BCUT2D eigenvalue weighted by Crippen LogP contribution is 2.31. The SMILES string of the molecule is CCC(Cl)CCc1ccc2c(c1)OCCO2. The van der Waals surface area contributed by atoms with Gasteiger partial charge in [-0.1, -0.05) is 13.0 Å². The van der Waals surface area contributed by atoms with Gasteiger partial charge in [0.1, 0.15) is 13.2 Å². The molecule has 1 atom stereocenters. The van der Waals surface area contributed by atoms with Crippen LogP contribution in [0.2, 0.25) is 0 Å². The van der Waals surface area contributed by atoms with Crippen molar-refractivity contribution in [2.24, 2.45) is 0 Å². The number of fused-ring (bicyclic) bond motifs is 1. The second kappa shape index (κ2) is 5.44. The van der Waals surface area contributed by atoms with Crippen molar-refractivity contribution in [3.8, 4) is 11.5 Å². The van der Waals surface area contributed by atoms with Gasteiger partial charge in [0.15, 0.2) is 11.5 Å². The van der Waals surface area contributed by atoms with E-state index in [9.17, 15) is 0 Å². The molecule has 0 saturated heterocycles. The van der Waals surface area contributed by atoms with E-state index >= 15 is 0 Å². The van der Waals surface area contributed by atoms with E-state index in [4.69, 9.17) is 21.1 Å². The number of hydrogen-bond donors (Lipinski definition) is 0. The molecule has 2 rings (SSSR count). The molecule has 0 saturated carbocycles. The second-order valence-corrected chi connectivity index (χ2v) is 4.64. The molecule has 1 aliphatic heterocycles. The fourth-order valence-electron chi connectivity index (χ4n) is 1.77. The van der Waals surface area contributed by atoms with E-state index in [0.717, 1.165) is 30.8 Å². The summed E-state index contributed by atoms with van der Waals surface area (Å²) in [4.78, 5) is 0. The van der Waals surface area contributed by atoms with Gasteiger partial charge in [-0.3, -0.25) is 0 Å². The summed E-state index contributed by atoms with van der Waals surface area (Å²) in [5, 5.41) is 0.271. The highest BCUT2D eigenvalue weighted by atomic mass is 35.5. The number of ether oxygens (including phenoxy) is 2. The third kappa shape index (κ3) is 2.82.